The highest BCUT2D eigenvalue weighted by atomic mass is 16.5. The van der Waals surface area contributed by atoms with Crippen molar-refractivity contribution >= 4 is 17.5 Å². The van der Waals surface area contributed by atoms with E-state index in [9.17, 15) is 9.59 Å². The van der Waals surface area contributed by atoms with Crippen molar-refractivity contribution in [3.05, 3.63) is 24.3 Å². The Morgan fingerprint density at radius 3 is 3.05 bits per heavy atom. The number of amides is 2. The van der Waals surface area contributed by atoms with E-state index in [1.54, 1.807) is 12.0 Å². The molecule has 1 N–H and O–H groups in total. The lowest BCUT2D eigenvalue weighted by molar-refractivity contribution is -0.122. The van der Waals surface area contributed by atoms with Gasteiger partial charge >= 0.3 is 0 Å². The van der Waals surface area contributed by atoms with E-state index in [1.165, 1.54) is 0 Å². The summed E-state index contributed by atoms with van der Waals surface area (Å²) in [5.74, 6) is 0.444. The van der Waals surface area contributed by atoms with Gasteiger partial charge in [0, 0.05) is 26.6 Å². The fourth-order valence-corrected chi connectivity index (χ4v) is 1.99. The van der Waals surface area contributed by atoms with Crippen molar-refractivity contribution < 1.29 is 19.1 Å². The minimum Gasteiger partial charge on any atom is -0.482 e. The lowest BCUT2D eigenvalue weighted by Gasteiger charge is -2.29. The number of nitrogens with one attached hydrogen (secondary N) is 1. The average molecular weight is 278 g/mol. The van der Waals surface area contributed by atoms with Gasteiger partial charge in [-0.15, -0.1) is 0 Å². The van der Waals surface area contributed by atoms with Crippen molar-refractivity contribution in [3.8, 4) is 5.75 Å². The van der Waals surface area contributed by atoms with Crippen LogP contribution < -0.4 is 15.0 Å². The number of carbonyl (C=O) groups excluding carboxylic acids is 2. The molecule has 0 saturated heterocycles. The minimum absolute atomic E-state index is 0.0162. The highest BCUT2D eigenvalue weighted by molar-refractivity contribution is 5.98. The first kappa shape index (κ1) is 14.3. The summed E-state index contributed by atoms with van der Waals surface area (Å²) in [5, 5.41) is 2.73. The molecule has 0 aliphatic carbocycles. The number of carbonyl (C=O) groups is 2. The van der Waals surface area contributed by atoms with Gasteiger partial charge < -0.3 is 19.7 Å². The van der Waals surface area contributed by atoms with Gasteiger partial charge in [-0.3, -0.25) is 9.59 Å². The number of hydrogen-bond donors (Lipinski definition) is 1. The quantitative estimate of drug-likeness (QED) is 0.772. The van der Waals surface area contributed by atoms with Gasteiger partial charge in [0.2, 0.25) is 5.91 Å². The van der Waals surface area contributed by atoms with Crippen LogP contribution in [0.5, 0.6) is 5.75 Å². The third kappa shape index (κ3) is 3.48. The lowest BCUT2D eigenvalue weighted by atomic mass is 10.2. The largest absolute Gasteiger partial charge is 0.482 e. The Balaban J connectivity index is 1.92. The van der Waals surface area contributed by atoms with Crippen LogP contribution in [0.4, 0.5) is 5.69 Å². The molecule has 1 aliphatic rings. The number of fused-ring (bicyclic) bond motifs is 1. The Bertz CT molecular complexity index is 490. The van der Waals surface area contributed by atoms with Gasteiger partial charge in [-0.05, 0) is 12.1 Å². The van der Waals surface area contributed by atoms with Gasteiger partial charge in [0.05, 0.1) is 12.3 Å². The van der Waals surface area contributed by atoms with Gasteiger partial charge in [0.15, 0.2) is 6.61 Å². The molecule has 1 aromatic carbocycles. The van der Waals surface area contributed by atoms with E-state index in [1.807, 2.05) is 24.3 Å². The molecule has 6 nitrogen and oxygen atoms in total. The summed E-state index contributed by atoms with van der Waals surface area (Å²) < 4.78 is 10.2. The Kier molecular flexibility index (Phi) is 4.95. The number of hydrogen-bond acceptors (Lipinski definition) is 4. The molecule has 0 spiro atoms. The van der Waals surface area contributed by atoms with Crippen molar-refractivity contribution in [1.29, 1.82) is 0 Å². The summed E-state index contributed by atoms with van der Waals surface area (Å²) in [6, 6.07) is 7.32. The van der Waals surface area contributed by atoms with Crippen LogP contribution in [0.25, 0.3) is 0 Å². The molecule has 2 rings (SSSR count). The first-order chi connectivity index (χ1) is 9.72. The van der Waals surface area contributed by atoms with Gasteiger partial charge in [-0.1, -0.05) is 12.1 Å². The topological polar surface area (TPSA) is 67.9 Å². The summed E-state index contributed by atoms with van der Waals surface area (Å²) >= 11 is 0. The molecule has 0 radical (unpaired) electrons. The summed E-state index contributed by atoms with van der Waals surface area (Å²) in [6.45, 7) is 1.31. The van der Waals surface area contributed by atoms with Crippen LogP contribution >= 0.6 is 0 Å². The number of anilines is 1. The lowest BCUT2D eigenvalue weighted by Crippen LogP contribution is -2.41. The summed E-state index contributed by atoms with van der Waals surface area (Å²) in [4.78, 5) is 25.1. The average Bonchev–Trinajstić information content (AvgIpc) is 2.46. The first-order valence-corrected chi connectivity index (χ1v) is 6.50. The smallest absolute Gasteiger partial charge is 0.265 e. The van der Waals surface area contributed by atoms with E-state index in [2.05, 4.69) is 5.32 Å². The number of nitrogens with zero attached hydrogens (tertiary/aromatic N) is 1. The Morgan fingerprint density at radius 1 is 1.45 bits per heavy atom. The zero-order chi connectivity index (χ0) is 14.4. The second-order valence-corrected chi connectivity index (χ2v) is 4.39. The second-order valence-electron chi connectivity index (χ2n) is 4.39. The molecule has 0 atom stereocenters. The second kappa shape index (κ2) is 6.91. The molecule has 0 saturated carbocycles. The number of ether oxygens (including phenoxy) is 2. The predicted molar refractivity (Wildman–Crippen MR) is 73.8 cm³/mol. The van der Waals surface area contributed by atoms with Crippen molar-refractivity contribution in [2.75, 3.05) is 38.3 Å². The molecule has 2 amide bonds. The van der Waals surface area contributed by atoms with Crippen LogP contribution in [-0.4, -0.2) is 45.2 Å². The van der Waals surface area contributed by atoms with Crippen LogP contribution in [-0.2, 0) is 14.3 Å². The van der Waals surface area contributed by atoms with Crippen LogP contribution in [0.2, 0.25) is 0 Å². The molecule has 1 aromatic rings. The molecule has 1 heterocycles. The minimum atomic E-state index is -0.131. The summed E-state index contributed by atoms with van der Waals surface area (Å²) in [7, 11) is 1.58. The van der Waals surface area contributed by atoms with Crippen molar-refractivity contribution in [1.82, 2.24) is 5.32 Å². The maximum atomic E-state index is 11.9. The molecule has 0 fully saturated rings. The fraction of sp³-hybridized carbons (Fsp3) is 0.429. The molecule has 108 valence electrons. The van der Waals surface area contributed by atoms with E-state index in [0.717, 1.165) is 0 Å². The summed E-state index contributed by atoms with van der Waals surface area (Å²) in [5.41, 5.74) is 0.716. The molecule has 6 heteroatoms. The zero-order valence-corrected chi connectivity index (χ0v) is 11.4. The van der Waals surface area contributed by atoms with Crippen molar-refractivity contribution in [2.24, 2.45) is 0 Å². The van der Waals surface area contributed by atoms with Gasteiger partial charge in [-0.25, -0.2) is 0 Å². The van der Waals surface area contributed by atoms with Crippen molar-refractivity contribution in [3.63, 3.8) is 0 Å². The van der Waals surface area contributed by atoms with E-state index >= 15 is 0 Å². The first-order valence-electron chi connectivity index (χ1n) is 6.50. The Hall–Kier alpha value is -2.08. The maximum absolute atomic E-state index is 11.9. The number of methoxy groups -OCH3 is 1. The number of para-hydroxylation sites is 2. The maximum Gasteiger partial charge on any atom is 0.265 e. The zero-order valence-electron chi connectivity index (χ0n) is 11.4. The summed E-state index contributed by atoms with van der Waals surface area (Å²) in [6.07, 6.45) is 0.254. The van der Waals surface area contributed by atoms with E-state index in [4.69, 9.17) is 9.47 Å². The van der Waals surface area contributed by atoms with Crippen LogP contribution in [0.3, 0.4) is 0 Å². The van der Waals surface area contributed by atoms with Crippen LogP contribution in [0, 0.1) is 0 Å². The Labute approximate surface area is 117 Å². The molecule has 0 bridgehead atoms. The van der Waals surface area contributed by atoms with E-state index < -0.39 is 0 Å². The van der Waals surface area contributed by atoms with E-state index in [-0.39, 0.29) is 24.8 Å². The molecular weight excluding hydrogens is 260 g/mol. The molecule has 0 aromatic heterocycles. The Morgan fingerprint density at radius 2 is 2.25 bits per heavy atom. The standard InChI is InChI=1S/C14H18N2O4/c1-19-9-7-15-13(17)6-8-16-11-4-2-3-5-12(11)20-10-14(16)18/h2-5H,6-10H2,1H3,(H,15,17). The fourth-order valence-electron chi connectivity index (χ4n) is 1.99. The third-order valence-corrected chi connectivity index (χ3v) is 3.00. The SMILES string of the molecule is COCCNC(=O)CCN1C(=O)COc2ccccc21. The third-order valence-electron chi connectivity index (χ3n) is 3.00. The molecule has 1 aliphatic heterocycles. The van der Waals surface area contributed by atoms with Crippen LogP contribution in [0.15, 0.2) is 24.3 Å². The number of benzene rings is 1. The highest BCUT2D eigenvalue weighted by Crippen LogP contribution is 2.31. The van der Waals surface area contributed by atoms with Crippen molar-refractivity contribution in [2.45, 2.75) is 6.42 Å². The highest BCUT2D eigenvalue weighted by Gasteiger charge is 2.25. The number of rotatable bonds is 6. The van der Waals surface area contributed by atoms with Crippen LogP contribution in [0.1, 0.15) is 6.42 Å². The molecule has 0 unspecified atom stereocenters. The van der Waals surface area contributed by atoms with E-state index in [0.29, 0.717) is 31.1 Å². The monoisotopic (exact) mass is 278 g/mol. The predicted octanol–water partition coefficient (Wildman–Crippen LogP) is 0.565. The molecular formula is C14H18N2O4. The molecule has 20 heavy (non-hydrogen) atoms. The normalized spacial score (nSPS) is 13.7. The van der Waals surface area contributed by atoms with Gasteiger partial charge in [0.1, 0.15) is 5.75 Å². The van der Waals surface area contributed by atoms with Gasteiger partial charge in [-0.2, -0.15) is 0 Å². The van der Waals surface area contributed by atoms with Gasteiger partial charge in [0.25, 0.3) is 5.91 Å².